The number of carbonyl (C=O) groups is 2. The van der Waals surface area contributed by atoms with Crippen molar-refractivity contribution in [1.82, 2.24) is 4.90 Å². The van der Waals surface area contributed by atoms with Crippen molar-refractivity contribution in [3.05, 3.63) is 50.5 Å². The molecule has 1 aromatic rings. The summed E-state index contributed by atoms with van der Waals surface area (Å²) in [6.45, 7) is 16.9. The Bertz CT molecular complexity index is 1030. The summed E-state index contributed by atoms with van der Waals surface area (Å²) >= 11 is 1.58. The van der Waals surface area contributed by atoms with Crippen LogP contribution in [-0.2, 0) is 25.4 Å². The third-order valence-corrected chi connectivity index (χ3v) is 12.7. The molecule has 1 saturated heterocycles. The number of hydrogen-bond acceptors (Lipinski definition) is 7. The Balaban J connectivity index is 1.74. The Hall–Kier alpha value is -2.17. The second kappa shape index (κ2) is 10.1. The van der Waals surface area contributed by atoms with Crippen LogP contribution in [0, 0.1) is 16.0 Å². The number of thioether (sulfide) groups is 1. The van der Waals surface area contributed by atoms with Gasteiger partial charge in [-0.3, -0.25) is 14.9 Å². The first-order valence-corrected chi connectivity index (χ1v) is 15.7. The Kier molecular flexibility index (Phi) is 7.88. The highest BCUT2D eigenvalue weighted by Gasteiger charge is 2.58. The topological polar surface area (TPSA) is 99.0 Å². The van der Waals surface area contributed by atoms with Crippen LogP contribution in [0.15, 0.2) is 34.9 Å². The summed E-state index contributed by atoms with van der Waals surface area (Å²) in [5, 5.41) is 11.1. The van der Waals surface area contributed by atoms with E-state index < -0.39 is 19.2 Å². The first kappa shape index (κ1) is 27.4. The van der Waals surface area contributed by atoms with Crippen LogP contribution in [0.1, 0.15) is 53.5 Å². The average molecular weight is 521 g/mol. The molecule has 0 spiro atoms. The predicted molar refractivity (Wildman–Crippen MR) is 139 cm³/mol. The van der Waals surface area contributed by atoms with E-state index in [-0.39, 0.29) is 46.6 Å². The van der Waals surface area contributed by atoms with Crippen LogP contribution in [0.25, 0.3) is 0 Å². The number of hydrogen-bond donors (Lipinski definition) is 0. The van der Waals surface area contributed by atoms with Crippen molar-refractivity contribution in [1.29, 1.82) is 0 Å². The first-order valence-electron chi connectivity index (χ1n) is 11.9. The summed E-state index contributed by atoms with van der Waals surface area (Å²) in [7, 11) is -2.05. The van der Waals surface area contributed by atoms with E-state index in [2.05, 4.69) is 47.7 Å². The average Bonchev–Trinajstić information content (AvgIpc) is 3.04. The summed E-state index contributed by atoms with van der Waals surface area (Å²) in [5.74, 6) is -0.923. The standard InChI is InChI=1S/C25H36N2O6SSi/c1-15(2)34-20-13-19-21(16(3)33-35(7,8)25(4,5)6)23(28)26(19)22(20)24(29)32-14-17-9-11-18(12-10-17)27(30)31/h9-12,15-16,19,21H,13-14H2,1-8H3/t16-,19-,21-/m1/s1. The molecule has 0 aliphatic carbocycles. The quantitative estimate of drug-likeness (QED) is 0.137. The van der Waals surface area contributed by atoms with Crippen LogP contribution >= 0.6 is 11.8 Å². The number of carbonyl (C=O) groups excluding carboxylic acids is 2. The van der Waals surface area contributed by atoms with Crippen LogP contribution in [0.2, 0.25) is 18.1 Å². The van der Waals surface area contributed by atoms with Gasteiger partial charge < -0.3 is 14.1 Å². The molecule has 1 aromatic carbocycles. The number of esters is 1. The van der Waals surface area contributed by atoms with Gasteiger partial charge in [-0.25, -0.2) is 4.79 Å². The zero-order chi connectivity index (χ0) is 26.3. The minimum Gasteiger partial charge on any atom is -0.456 e. The van der Waals surface area contributed by atoms with Gasteiger partial charge in [0.05, 0.1) is 23.0 Å². The molecule has 2 heterocycles. The van der Waals surface area contributed by atoms with Crippen LogP contribution in [0.3, 0.4) is 0 Å². The first-order chi connectivity index (χ1) is 16.1. The van der Waals surface area contributed by atoms with Crippen LogP contribution in [-0.4, -0.2) is 47.4 Å². The lowest BCUT2D eigenvalue weighted by atomic mass is 9.83. The fraction of sp³-hybridized carbons (Fsp3) is 0.600. The van der Waals surface area contributed by atoms with E-state index in [4.69, 9.17) is 9.16 Å². The monoisotopic (exact) mass is 520 g/mol. The molecule has 1 amide bonds. The van der Waals surface area contributed by atoms with E-state index in [1.165, 1.54) is 12.1 Å². The van der Waals surface area contributed by atoms with Crippen molar-refractivity contribution in [3.63, 3.8) is 0 Å². The summed E-state index contributed by atoms with van der Waals surface area (Å²) in [6.07, 6.45) is 0.386. The number of non-ortho nitro benzene ring substituents is 1. The van der Waals surface area contributed by atoms with Crippen molar-refractivity contribution < 1.29 is 23.7 Å². The minimum atomic E-state index is -2.05. The molecule has 35 heavy (non-hydrogen) atoms. The van der Waals surface area contributed by atoms with Gasteiger partial charge in [-0.15, -0.1) is 11.8 Å². The van der Waals surface area contributed by atoms with Gasteiger partial charge in [-0.2, -0.15) is 0 Å². The second-order valence-electron chi connectivity index (χ2n) is 11.0. The summed E-state index contributed by atoms with van der Waals surface area (Å²) in [6, 6.07) is 5.77. The molecule has 10 heteroatoms. The van der Waals surface area contributed by atoms with Crippen LogP contribution in [0.4, 0.5) is 5.69 Å². The zero-order valence-corrected chi connectivity index (χ0v) is 23.6. The summed E-state index contributed by atoms with van der Waals surface area (Å²) in [4.78, 5) is 39.3. The van der Waals surface area contributed by atoms with E-state index in [1.807, 2.05) is 6.92 Å². The maximum Gasteiger partial charge on any atom is 0.356 e. The Morgan fingerprint density at radius 1 is 1.23 bits per heavy atom. The number of rotatable bonds is 9. The number of nitro groups is 1. The molecule has 0 bridgehead atoms. The number of benzene rings is 1. The van der Waals surface area contributed by atoms with Gasteiger partial charge in [0.25, 0.3) is 5.69 Å². The maximum absolute atomic E-state index is 13.3. The van der Waals surface area contributed by atoms with Gasteiger partial charge in [0.2, 0.25) is 5.91 Å². The maximum atomic E-state index is 13.3. The van der Waals surface area contributed by atoms with E-state index in [0.717, 1.165) is 4.91 Å². The lowest BCUT2D eigenvalue weighted by Gasteiger charge is -2.48. The van der Waals surface area contributed by atoms with Crippen molar-refractivity contribution >= 4 is 37.6 Å². The predicted octanol–water partition coefficient (Wildman–Crippen LogP) is 5.63. The molecule has 3 rings (SSSR count). The van der Waals surface area contributed by atoms with Crippen molar-refractivity contribution in [3.8, 4) is 0 Å². The molecule has 2 aliphatic heterocycles. The fourth-order valence-corrected chi connectivity index (χ4v) is 6.80. The van der Waals surface area contributed by atoms with E-state index in [1.54, 1.807) is 28.8 Å². The number of ether oxygens (including phenoxy) is 1. The van der Waals surface area contributed by atoms with Crippen molar-refractivity contribution in [2.24, 2.45) is 5.92 Å². The molecule has 8 nitrogen and oxygen atoms in total. The fourth-order valence-electron chi connectivity index (χ4n) is 4.24. The normalized spacial score (nSPS) is 21.2. The van der Waals surface area contributed by atoms with E-state index >= 15 is 0 Å². The molecule has 0 saturated carbocycles. The van der Waals surface area contributed by atoms with Gasteiger partial charge in [-0.05, 0) is 42.8 Å². The lowest BCUT2D eigenvalue weighted by Crippen LogP contribution is -2.63. The molecule has 1 fully saturated rings. The van der Waals surface area contributed by atoms with Crippen LogP contribution in [0.5, 0.6) is 0 Å². The highest BCUT2D eigenvalue weighted by atomic mass is 32.2. The van der Waals surface area contributed by atoms with E-state index in [9.17, 15) is 19.7 Å². The molecule has 192 valence electrons. The smallest absolute Gasteiger partial charge is 0.356 e. The van der Waals surface area contributed by atoms with Crippen molar-refractivity contribution in [2.45, 2.75) is 90.1 Å². The number of β-lactam (4-membered cyclic amide) rings is 1. The van der Waals surface area contributed by atoms with Gasteiger partial charge in [0, 0.05) is 28.7 Å². The van der Waals surface area contributed by atoms with Gasteiger partial charge in [-0.1, -0.05) is 34.6 Å². The highest BCUT2D eigenvalue weighted by Crippen LogP contribution is 2.49. The number of amides is 1. The number of fused-ring (bicyclic) bond motifs is 1. The Labute approximate surface area is 212 Å². The Morgan fingerprint density at radius 3 is 2.34 bits per heavy atom. The van der Waals surface area contributed by atoms with E-state index in [0.29, 0.717) is 17.7 Å². The Morgan fingerprint density at radius 2 is 1.83 bits per heavy atom. The SMILES string of the molecule is CC(C)SC1=C(C(=O)OCc2ccc([N+](=O)[O-])cc2)N2C(=O)[C@H]([C@@H](C)O[Si](C)(C)C(C)(C)C)[C@H]2C1. The largest absolute Gasteiger partial charge is 0.456 e. The third kappa shape index (κ3) is 5.64. The molecule has 0 radical (unpaired) electrons. The number of nitro benzene ring substituents is 1. The molecule has 0 unspecified atom stereocenters. The molecule has 0 aromatic heterocycles. The molecular formula is C25H36N2O6SSi. The third-order valence-electron chi connectivity index (χ3n) is 7.05. The van der Waals surface area contributed by atoms with Gasteiger partial charge in [0.15, 0.2) is 8.32 Å². The molecule has 2 aliphatic rings. The van der Waals surface area contributed by atoms with Crippen molar-refractivity contribution in [2.75, 3.05) is 0 Å². The summed E-state index contributed by atoms with van der Waals surface area (Å²) in [5.41, 5.74) is 0.945. The van der Waals surface area contributed by atoms with Gasteiger partial charge in [0.1, 0.15) is 12.3 Å². The lowest BCUT2D eigenvalue weighted by molar-refractivity contribution is -0.384. The summed E-state index contributed by atoms with van der Waals surface area (Å²) < 4.78 is 12.1. The highest BCUT2D eigenvalue weighted by molar-refractivity contribution is 8.03. The second-order valence-corrected chi connectivity index (χ2v) is 17.5. The number of nitrogens with zero attached hydrogens (tertiary/aromatic N) is 2. The van der Waals surface area contributed by atoms with Gasteiger partial charge >= 0.3 is 5.97 Å². The van der Waals surface area contributed by atoms with Crippen LogP contribution < -0.4 is 0 Å². The molecular weight excluding hydrogens is 484 g/mol. The minimum absolute atomic E-state index is 0.0247. The zero-order valence-electron chi connectivity index (χ0n) is 21.8. The molecule has 0 N–H and O–H groups in total. The molecule has 3 atom stereocenters.